The smallest absolute Gasteiger partial charge is 0.269 e. The molecule has 2 heterocycles. The largest absolute Gasteiger partial charge is 0.369 e. The SMILES string of the molecule is O=C1CN(C(=O)CN2CCN(c3ccc([N+](=O)[O-])cc3)CC2)c2ccccc2N1. The lowest BCUT2D eigenvalue weighted by atomic mass is 10.2. The Labute approximate surface area is 167 Å². The second kappa shape index (κ2) is 7.88. The second-order valence-electron chi connectivity index (χ2n) is 7.08. The highest BCUT2D eigenvalue weighted by atomic mass is 16.6. The van der Waals surface area contributed by atoms with Crippen molar-refractivity contribution in [2.75, 3.05) is 54.4 Å². The number of para-hydroxylation sites is 2. The average Bonchev–Trinajstić information content (AvgIpc) is 2.73. The zero-order valence-electron chi connectivity index (χ0n) is 15.8. The van der Waals surface area contributed by atoms with Crippen LogP contribution in [0.15, 0.2) is 48.5 Å². The van der Waals surface area contributed by atoms with Gasteiger partial charge in [-0.2, -0.15) is 0 Å². The van der Waals surface area contributed by atoms with E-state index in [-0.39, 0.29) is 30.6 Å². The van der Waals surface area contributed by atoms with Gasteiger partial charge in [0.25, 0.3) is 5.69 Å². The molecule has 2 aromatic rings. The number of nitrogens with one attached hydrogen (secondary N) is 1. The van der Waals surface area contributed by atoms with E-state index in [1.165, 1.54) is 17.0 Å². The number of benzene rings is 2. The van der Waals surface area contributed by atoms with Gasteiger partial charge in [-0.1, -0.05) is 12.1 Å². The van der Waals surface area contributed by atoms with Crippen molar-refractivity contribution in [3.63, 3.8) is 0 Å². The summed E-state index contributed by atoms with van der Waals surface area (Å²) in [6, 6.07) is 13.8. The first kappa shape index (κ1) is 18.9. The number of nitro groups is 1. The molecule has 0 unspecified atom stereocenters. The Balaban J connectivity index is 1.36. The van der Waals surface area contributed by atoms with Crippen LogP contribution in [0.1, 0.15) is 0 Å². The molecule has 0 aromatic heterocycles. The minimum Gasteiger partial charge on any atom is -0.369 e. The predicted octanol–water partition coefficient (Wildman–Crippen LogP) is 1.70. The fraction of sp³-hybridized carbons (Fsp3) is 0.300. The molecule has 0 spiro atoms. The molecule has 1 fully saturated rings. The van der Waals surface area contributed by atoms with Crippen LogP contribution < -0.4 is 15.1 Å². The summed E-state index contributed by atoms with van der Waals surface area (Å²) in [7, 11) is 0. The van der Waals surface area contributed by atoms with Crippen molar-refractivity contribution in [2.45, 2.75) is 0 Å². The Kier molecular flexibility index (Phi) is 5.13. The first-order valence-electron chi connectivity index (χ1n) is 9.42. The number of nitro benzene ring substituents is 1. The Morgan fingerprint density at radius 1 is 1.03 bits per heavy atom. The third-order valence-electron chi connectivity index (χ3n) is 5.23. The number of amides is 2. The summed E-state index contributed by atoms with van der Waals surface area (Å²) in [5.41, 5.74) is 2.38. The van der Waals surface area contributed by atoms with Crippen molar-refractivity contribution in [3.8, 4) is 0 Å². The Morgan fingerprint density at radius 2 is 1.72 bits per heavy atom. The van der Waals surface area contributed by atoms with Gasteiger partial charge in [0, 0.05) is 44.0 Å². The van der Waals surface area contributed by atoms with Crippen molar-refractivity contribution >= 4 is 34.6 Å². The number of carbonyl (C=O) groups is 2. The normalized spacial score (nSPS) is 16.9. The molecule has 9 nitrogen and oxygen atoms in total. The van der Waals surface area contributed by atoms with E-state index in [9.17, 15) is 19.7 Å². The van der Waals surface area contributed by atoms with Gasteiger partial charge in [0.05, 0.1) is 22.8 Å². The molecule has 0 saturated carbocycles. The van der Waals surface area contributed by atoms with Crippen molar-refractivity contribution in [1.82, 2.24) is 4.90 Å². The number of rotatable bonds is 4. The first-order valence-corrected chi connectivity index (χ1v) is 9.42. The molecule has 0 radical (unpaired) electrons. The van der Waals surface area contributed by atoms with E-state index in [0.29, 0.717) is 18.8 Å². The van der Waals surface area contributed by atoms with Gasteiger partial charge in [0.2, 0.25) is 11.8 Å². The monoisotopic (exact) mass is 395 g/mol. The van der Waals surface area contributed by atoms with E-state index >= 15 is 0 Å². The molecule has 29 heavy (non-hydrogen) atoms. The minimum atomic E-state index is -0.410. The third kappa shape index (κ3) is 4.04. The molecule has 1 N–H and O–H groups in total. The molecular formula is C20H21N5O4. The fourth-order valence-electron chi connectivity index (χ4n) is 3.68. The van der Waals surface area contributed by atoms with Gasteiger partial charge in [-0.25, -0.2) is 0 Å². The molecule has 150 valence electrons. The van der Waals surface area contributed by atoms with Crippen LogP contribution in [0.5, 0.6) is 0 Å². The van der Waals surface area contributed by atoms with Crippen molar-refractivity contribution < 1.29 is 14.5 Å². The average molecular weight is 395 g/mol. The van der Waals surface area contributed by atoms with Gasteiger partial charge in [-0.05, 0) is 24.3 Å². The van der Waals surface area contributed by atoms with Crippen molar-refractivity contribution in [1.29, 1.82) is 0 Å². The highest BCUT2D eigenvalue weighted by molar-refractivity contribution is 6.10. The van der Waals surface area contributed by atoms with E-state index in [4.69, 9.17) is 0 Å². The molecule has 4 rings (SSSR count). The summed E-state index contributed by atoms with van der Waals surface area (Å²) in [6.45, 7) is 3.12. The van der Waals surface area contributed by atoms with E-state index in [2.05, 4.69) is 15.1 Å². The number of hydrogen-bond acceptors (Lipinski definition) is 6. The summed E-state index contributed by atoms with van der Waals surface area (Å²) >= 11 is 0. The van der Waals surface area contributed by atoms with Gasteiger partial charge in [-0.3, -0.25) is 29.5 Å². The first-order chi connectivity index (χ1) is 14.0. The maximum atomic E-state index is 12.9. The summed E-state index contributed by atoms with van der Waals surface area (Å²) < 4.78 is 0. The third-order valence-corrected chi connectivity index (χ3v) is 5.23. The topological polar surface area (TPSA) is 99.0 Å². The van der Waals surface area contributed by atoms with Crippen LogP contribution in [0, 0.1) is 10.1 Å². The molecule has 0 bridgehead atoms. The molecule has 2 aliphatic rings. The van der Waals surface area contributed by atoms with Crippen LogP contribution in [0.25, 0.3) is 0 Å². The van der Waals surface area contributed by atoms with Crippen LogP contribution in [0.4, 0.5) is 22.7 Å². The number of non-ortho nitro benzene ring substituents is 1. The zero-order chi connectivity index (χ0) is 20.4. The molecule has 2 aromatic carbocycles. The maximum Gasteiger partial charge on any atom is 0.269 e. The zero-order valence-corrected chi connectivity index (χ0v) is 15.8. The van der Waals surface area contributed by atoms with Crippen molar-refractivity contribution in [2.24, 2.45) is 0 Å². The Morgan fingerprint density at radius 3 is 2.41 bits per heavy atom. The van der Waals surface area contributed by atoms with Crippen molar-refractivity contribution in [3.05, 3.63) is 58.6 Å². The van der Waals surface area contributed by atoms with Gasteiger partial charge in [0.1, 0.15) is 6.54 Å². The molecule has 1 saturated heterocycles. The standard InChI is InChI=1S/C20H21N5O4/c26-19-13-24(18-4-2-1-3-17(18)21-19)20(27)14-22-9-11-23(12-10-22)15-5-7-16(8-6-15)25(28)29/h1-8H,9-14H2,(H,21,26). The number of piperazine rings is 1. The molecule has 2 aliphatic heterocycles. The summed E-state index contributed by atoms with van der Waals surface area (Å²) in [5, 5.41) is 13.6. The van der Waals surface area contributed by atoms with E-state index in [1.807, 2.05) is 18.2 Å². The van der Waals surface area contributed by atoms with E-state index in [1.54, 1.807) is 18.2 Å². The predicted molar refractivity (Wildman–Crippen MR) is 109 cm³/mol. The lowest BCUT2D eigenvalue weighted by Crippen LogP contribution is -2.52. The summed E-state index contributed by atoms with van der Waals surface area (Å²) in [5.74, 6) is -0.295. The van der Waals surface area contributed by atoms with Crippen LogP contribution in [0.3, 0.4) is 0 Å². The molecule has 9 heteroatoms. The lowest BCUT2D eigenvalue weighted by Gasteiger charge is -2.37. The summed E-state index contributed by atoms with van der Waals surface area (Å²) in [4.78, 5) is 40.9. The number of anilines is 3. The summed E-state index contributed by atoms with van der Waals surface area (Å²) in [6.07, 6.45) is 0. The van der Waals surface area contributed by atoms with E-state index in [0.717, 1.165) is 24.5 Å². The van der Waals surface area contributed by atoms with Gasteiger partial charge >= 0.3 is 0 Å². The highest BCUT2D eigenvalue weighted by Gasteiger charge is 2.28. The van der Waals surface area contributed by atoms with Gasteiger partial charge in [0.15, 0.2) is 0 Å². The Hall–Kier alpha value is -3.46. The molecule has 0 aliphatic carbocycles. The van der Waals surface area contributed by atoms with Crippen LogP contribution in [0.2, 0.25) is 0 Å². The fourth-order valence-corrected chi connectivity index (χ4v) is 3.68. The lowest BCUT2D eigenvalue weighted by molar-refractivity contribution is -0.384. The minimum absolute atomic E-state index is 0.0264. The second-order valence-corrected chi connectivity index (χ2v) is 7.08. The van der Waals surface area contributed by atoms with E-state index < -0.39 is 4.92 Å². The number of fused-ring (bicyclic) bond motifs is 1. The van der Waals surface area contributed by atoms with Gasteiger partial charge < -0.3 is 10.2 Å². The number of nitrogens with zero attached hydrogens (tertiary/aromatic N) is 4. The van der Waals surface area contributed by atoms with Gasteiger partial charge in [-0.15, -0.1) is 0 Å². The Bertz CT molecular complexity index is 938. The quantitative estimate of drug-likeness (QED) is 0.625. The van der Waals surface area contributed by atoms with Crippen LogP contribution in [-0.4, -0.2) is 60.9 Å². The molecular weight excluding hydrogens is 374 g/mol. The maximum absolute atomic E-state index is 12.9. The highest BCUT2D eigenvalue weighted by Crippen LogP contribution is 2.29. The molecule has 2 amide bonds. The number of carbonyl (C=O) groups excluding carboxylic acids is 2. The van der Waals surface area contributed by atoms with Crippen LogP contribution >= 0.6 is 0 Å². The molecule has 0 atom stereocenters. The number of hydrogen-bond donors (Lipinski definition) is 1. The van der Waals surface area contributed by atoms with Crippen LogP contribution in [-0.2, 0) is 9.59 Å².